The number of aromatic nitrogens is 2. The van der Waals surface area contributed by atoms with E-state index in [9.17, 15) is 0 Å². The summed E-state index contributed by atoms with van der Waals surface area (Å²) in [7, 11) is 0. The number of hydrogen-bond acceptors (Lipinski definition) is 4. The maximum atomic E-state index is 5.68. The highest BCUT2D eigenvalue weighted by molar-refractivity contribution is 5.73. The molecule has 3 rings (SSSR count). The summed E-state index contributed by atoms with van der Waals surface area (Å²) in [6, 6.07) is 4.20. The fourth-order valence-corrected chi connectivity index (χ4v) is 2.71. The molecule has 118 valence electrons. The topological polar surface area (TPSA) is 59.2 Å². The summed E-state index contributed by atoms with van der Waals surface area (Å²) in [6.45, 7) is 4.56. The fraction of sp³-hybridized carbons (Fsp3) is 0.471. The van der Waals surface area contributed by atoms with Crippen LogP contribution >= 0.6 is 0 Å². The van der Waals surface area contributed by atoms with Gasteiger partial charge < -0.3 is 19.8 Å². The van der Waals surface area contributed by atoms with Crippen molar-refractivity contribution in [1.82, 2.24) is 15.3 Å². The quantitative estimate of drug-likeness (QED) is 0.735. The van der Waals surface area contributed by atoms with E-state index in [0.29, 0.717) is 0 Å². The third-order valence-corrected chi connectivity index (χ3v) is 3.92. The van der Waals surface area contributed by atoms with Crippen molar-refractivity contribution in [2.75, 3.05) is 19.9 Å². The van der Waals surface area contributed by atoms with Gasteiger partial charge in [-0.05, 0) is 37.6 Å². The maximum absolute atomic E-state index is 5.68. The number of hydrogen-bond donors (Lipinski definition) is 2. The molecule has 0 spiro atoms. The normalized spacial score (nSPS) is 12.8. The number of fused-ring (bicyclic) bond motifs is 1. The molecule has 5 nitrogen and oxygen atoms in total. The van der Waals surface area contributed by atoms with E-state index in [2.05, 4.69) is 34.3 Å². The zero-order valence-electron chi connectivity index (χ0n) is 13.0. The van der Waals surface area contributed by atoms with Gasteiger partial charge in [0, 0.05) is 5.56 Å². The van der Waals surface area contributed by atoms with Gasteiger partial charge in [-0.3, -0.25) is 0 Å². The SMILES string of the molecule is CCCCCNCCc1ccc(-c2cnc[nH]2)c2c1OCO2. The Hall–Kier alpha value is -2.01. The predicted molar refractivity (Wildman–Crippen MR) is 86.2 cm³/mol. The van der Waals surface area contributed by atoms with Crippen molar-refractivity contribution in [3.63, 3.8) is 0 Å². The van der Waals surface area contributed by atoms with Gasteiger partial charge >= 0.3 is 0 Å². The summed E-state index contributed by atoms with van der Waals surface area (Å²) in [6.07, 6.45) is 8.21. The molecule has 0 fully saturated rings. The Morgan fingerprint density at radius 1 is 1.18 bits per heavy atom. The third kappa shape index (κ3) is 3.25. The minimum absolute atomic E-state index is 0.289. The van der Waals surface area contributed by atoms with E-state index < -0.39 is 0 Å². The summed E-state index contributed by atoms with van der Waals surface area (Å²) >= 11 is 0. The van der Waals surface area contributed by atoms with Gasteiger partial charge in [0.2, 0.25) is 6.79 Å². The Bertz CT molecular complexity index is 596. The number of nitrogens with zero attached hydrogens (tertiary/aromatic N) is 1. The average Bonchev–Trinajstić information content (AvgIpc) is 3.21. The van der Waals surface area contributed by atoms with Crippen LogP contribution in [0.25, 0.3) is 11.3 Å². The molecule has 1 aliphatic rings. The van der Waals surface area contributed by atoms with Gasteiger partial charge in [0.1, 0.15) is 0 Å². The van der Waals surface area contributed by atoms with Gasteiger partial charge in [0.25, 0.3) is 0 Å². The summed E-state index contributed by atoms with van der Waals surface area (Å²) in [5.41, 5.74) is 3.15. The van der Waals surface area contributed by atoms with Crippen LogP contribution < -0.4 is 14.8 Å². The molecule has 2 N–H and O–H groups in total. The molecule has 2 aromatic rings. The molecule has 0 atom stereocenters. The van der Waals surface area contributed by atoms with Crippen LogP contribution in [0.5, 0.6) is 11.5 Å². The number of unbranched alkanes of at least 4 members (excludes halogenated alkanes) is 2. The van der Waals surface area contributed by atoms with Crippen LogP contribution in [0, 0.1) is 0 Å². The second-order valence-electron chi connectivity index (χ2n) is 5.51. The molecule has 1 aromatic carbocycles. The third-order valence-electron chi connectivity index (χ3n) is 3.92. The van der Waals surface area contributed by atoms with Crippen LogP contribution in [-0.2, 0) is 6.42 Å². The minimum atomic E-state index is 0.289. The van der Waals surface area contributed by atoms with E-state index >= 15 is 0 Å². The molecule has 0 aliphatic carbocycles. The Labute approximate surface area is 131 Å². The first kappa shape index (κ1) is 14.9. The Kier molecular flexibility index (Phi) is 4.96. The zero-order chi connectivity index (χ0) is 15.2. The van der Waals surface area contributed by atoms with Crippen molar-refractivity contribution in [2.45, 2.75) is 32.6 Å². The number of ether oxygens (including phenoxy) is 2. The number of nitrogens with one attached hydrogen (secondary N) is 2. The van der Waals surface area contributed by atoms with E-state index in [1.54, 1.807) is 12.5 Å². The number of H-pyrrole nitrogens is 1. The lowest BCUT2D eigenvalue weighted by Crippen LogP contribution is -2.18. The van der Waals surface area contributed by atoms with E-state index in [-0.39, 0.29) is 6.79 Å². The van der Waals surface area contributed by atoms with Crippen LogP contribution in [-0.4, -0.2) is 29.9 Å². The highest BCUT2D eigenvalue weighted by Gasteiger charge is 2.22. The van der Waals surface area contributed by atoms with Crippen LogP contribution in [0.3, 0.4) is 0 Å². The molecule has 5 heteroatoms. The molecule has 0 radical (unpaired) electrons. The standard InChI is InChI=1S/C17H23N3O2/c1-2-3-4-8-18-9-7-13-5-6-14(15-10-19-11-20-15)17-16(13)21-12-22-17/h5-6,10-11,18H,2-4,7-9,12H2,1H3,(H,19,20). The number of aromatic amines is 1. The molecule has 0 unspecified atom stereocenters. The summed E-state index contributed by atoms with van der Waals surface area (Å²) < 4.78 is 11.3. The number of rotatable bonds is 8. The zero-order valence-corrected chi connectivity index (χ0v) is 13.0. The van der Waals surface area contributed by atoms with Gasteiger partial charge in [-0.25, -0.2) is 4.98 Å². The Morgan fingerprint density at radius 2 is 2.09 bits per heavy atom. The lowest BCUT2D eigenvalue weighted by atomic mass is 10.0. The van der Waals surface area contributed by atoms with Gasteiger partial charge in [-0.2, -0.15) is 0 Å². The summed E-state index contributed by atoms with van der Waals surface area (Å²) in [4.78, 5) is 7.19. The largest absolute Gasteiger partial charge is 0.453 e. The molecule has 0 saturated heterocycles. The van der Waals surface area contributed by atoms with Crippen molar-refractivity contribution in [3.8, 4) is 22.8 Å². The highest BCUT2D eigenvalue weighted by Crippen LogP contribution is 2.43. The Balaban J connectivity index is 1.65. The van der Waals surface area contributed by atoms with Gasteiger partial charge in [0.05, 0.1) is 18.2 Å². The van der Waals surface area contributed by atoms with Crippen molar-refractivity contribution < 1.29 is 9.47 Å². The second kappa shape index (κ2) is 7.31. The number of imidazole rings is 1. The molecule has 2 heterocycles. The maximum Gasteiger partial charge on any atom is 0.231 e. The summed E-state index contributed by atoms with van der Waals surface area (Å²) in [5.74, 6) is 1.70. The fourth-order valence-electron chi connectivity index (χ4n) is 2.71. The monoisotopic (exact) mass is 301 g/mol. The molecule has 22 heavy (non-hydrogen) atoms. The molecule has 1 aromatic heterocycles. The summed E-state index contributed by atoms with van der Waals surface area (Å²) in [5, 5.41) is 3.49. The number of benzene rings is 1. The van der Waals surface area contributed by atoms with Crippen molar-refractivity contribution in [3.05, 3.63) is 30.2 Å². The van der Waals surface area contributed by atoms with Gasteiger partial charge in [0.15, 0.2) is 11.5 Å². The van der Waals surface area contributed by atoms with Crippen LogP contribution in [0.1, 0.15) is 31.7 Å². The highest BCUT2D eigenvalue weighted by atomic mass is 16.7. The lowest BCUT2D eigenvalue weighted by molar-refractivity contribution is 0.173. The molecule has 0 saturated carbocycles. The molecule has 0 amide bonds. The Morgan fingerprint density at radius 3 is 2.91 bits per heavy atom. The van der Waals surface area contributed by atoms with Gasteiger partial charge in [-0.15, -0.1) is 0 Å². The van der Waals surface area contributed by atoms with Crippen LogP contribution in [0.15, 0.2) is 24.7 Å². The first-order chi connectivity index (χ1) is 10.9. The van der Waals surface area contributed by atoms with Crippen LogP contribution in [0.2, 0.25) is 0 Å². The molecule has 1 aliphatic heterocycles. The first-order valence-electron chi connectivity index (χ1n) is 8.01. The van der Waals surface area contributed by atoms with Crippen molar-refractivity contribution in [2.24, 2.45) is 0 Å². The predicted octanol–water partition coefficient (Wildman–Crippen LogP) is 3.13. The molecular formula is C17H23N3O2. The van der Waals surface area contributed by atoms with E-state index in [1.165, 1.54) is 24.8 Å². The minimum Gasteiger partial charge on any atom is -0.453 e. The first-order valence-corrected chi connectivity index (χ1v) is 8.01. The van der Waals surface area contributed by atoms with E-state index in [4.69, 9.17) is 9.47 Å². The van der Waals surface area contributed by atoms with Crippen molar-refractivity contribution >= 4 is 0 Å². The van der Waals surface area contributed by atoms with Crippen LogP contribution in [0.4, 0.5) is 0 Å². The van der Waals surface area contributed by atoms with Gasteiger partial charge in [-0.1, -0.05) is 25.8 Å². The van der Waals surface area contributed by atoms with E-state index in [1.807, 2.05) is 0 Å². The van der Waals surface area contributed by atoms with Crippen molar-refractivity contribution in [1.29, 1.82) is 0 Å². The smallest absolute Gasteiger partial charge is 0.231 e. The average molecular weight is 301 g/mol. The lowest BCUT2D eigenvalue weighted by Gasteiger charge is -2.10. The molecular weight excluding hydrogens is 278 g/mol. The molecule has 0 bridgehead atoms. The van der Waals surface area contributed by atoms with E-state index in [0.717, 1.165) is 42.3 Å². The second-order valence-corrected chi connectivity index (χ2v) is 5.51.